The van der Waals surface area contributed by atoms with Crippen molar-refractivity contribution in [2.75, 3.05) is 5.32 Å². The number of amides is 1. The van der Waals surface area contributed by atoms with E-state index in [2.05, 4.69) is 5.32 Å². The topological polar surface area (TPSA) is 29.1 Å². The molecule has 0 aromatic heterocycles. The molecule has 0 saturated heterocycles. The minimum Gasteiger partial charge on any atom is -0.325 e. The number of nitrogens with one attached hydrogen (secondary N) is 1. The SMILES string of the molecule is Cc1cccc(Cl)c1NC(=O)CC(C)(C)C. The van der Waals surface area contributed by atoms with Gasteiger partial charge in [0.1, 0.15) is 0 Å². The van der Waals surface area contributed by atoms with E-state index in [1.165, 1.54) is 0 Å². The Kier molecular flexibility index (Phi) is 3.98. The maximum Gasteiger partial charge on any atom is 0.224 e. The smallest absolute Gasteiger partial charge is 0.224 e. The van der Waals surface area contributed by atoms with Crippen molar-refractivity contribution >= 4 is 23.2 Å². The summed E-state index contributed by atoms with van der Waals surface area (Å²) in [5, 5.41) is 3.45. The first-order valence-corrected chi connectivity index (χ1v) is 5.72. The van der Waals surface area contributed by atoms with Gasteiger partial charge in [0.15, 0.2) is 0 Å². The third kappa shape index (κ3) is 3.86. The zero-order valence-electron chi connectivity index (χ0n) is 10.2. The summed E-state index contributed by atoms with van der Waals surface area (Å²) in [6.07, 6.45) is 0.484. The highest BCUT2D eigenvalue weighted by molar-refractivity contribution is 6.33. The van der Waals surface area contributed by atoms with Crippen LogP contribution in [0.15, 0.2) is 18.2 Å². The van der Waals surface area contributed by atoms with E-state index in [1.54, 1.807) is 6.07 Å². The average Bonchev–Trinajstić information content (AvgIpc) is 2.08. The molecule has 0 aliphatic heterocycles. The molecule has 2 nitrogen and oxygen atoms in total. The molecule has 1 amide bonds. The molecular formula is C13H18ClNO. The van der Waals surface area contributed by atoms with Crippen molar-refractivity contribution in [3.8, 4) is 0 Å². The van der Waals surface area contributed by atoms with Crippen molar-refractivity contribution < 1.29 is 4.79 Å². The number of carbonyl (C=O) groups is 1. The highest BCUT2D eigenvalue weighted by atomic mass is 35.5. The Labute approximate surface area is 102 Å². The van der Waals surface area contributed by atoms with Crippen LogP contribution in [0.3, 0.4) is 0 Å². The van der Waals surface area contributed by atoms with Gasteiger partial charge in [-0.1, -0.05) is 44.5 Å². The van der Waals surface area contributed by atoms with Gasteiger partial charge in [0, 0.05) is 6.42 Å². The monoisotopic (exact) mass is 239 g/mol. The van der Waals surface area contributed by atoms with Gasteiger partial charge in [0.2, 0.25) is 5.91 Å². The summed E-state index contributed by atoms with van der Waals surface area (Å²) in [6, 6.07) is 5.58. The minimum atomic E-state index is -0.0146. The zero-order chi connectivity index (χ0) is 12.3. The predicted octanol–water partition coefficient (Wildman–Crippen LogP) is 4.02. The lowest BCUT2D eigenvalue weighted by molar-refractivity contribution is -0.117. The number of hydrogen-bond donors (Lipinski definition) is 1. The van der Waals surface area contributed by atoms with E-state index in [0.29, 0.717) is 11.4 Å². The molecule has 0 aliphatic carbocycles. The summed E-state index contributed by atoms with van der Waals surface area (Å²) in [5.74, 6) is 0.00343. The van der Waals surface area contributed by atoms with Gasteiger partial charge in [0.05, 0.1) is 10.7 Å². The molecule has 0 atom stereocenters. The van der Waals surface area contributed by atoms with E-state index in [4.69, 9.17) is 11.6 Å². The highest BCUT2D eigenvalue weighted by Crippen LogP contribution is 2.26. The first kappa shape index (κ1) is 13.0. The molecule has 1 aromatic carbocycles. The van der Waals surface area contributed by atoms with E-state index in [-0.39, 0.29) is 11.3 Å². The van der Waals surface area contributed by atoms with Gasteiger partial charge in [-0.2, -0.15) is 0 Å². The normalized spacial score (nSPS) is 11.3. The van der Waals surface area contributed by atoms with Crippen LogP contribution in [-0.4, -0.2) is 5.91 Å². The molecule has 0 spiro atoms. The molecule has 0 aliphatic rings. The summed E-state index contributed by atoms with van der Waals surface area (Å²) in [5.41, 5.74) is 1.69. The second kappa shape index (κ2) is 4.88. The van der Waals surface area contributed by atoms with Crippen molar-refractivity contribution in [2.45, 2.75) is 34.1 Å². The standard InChI is InChI=1S/C13H18ClNO/c1-9-6-5-7-10(14)12(9)15-11(16)8-13(2,3)4/h5-7H,8H2,1-4H3,(H,15,16). The van der Waals surface area contributed by atoms with Gasteiger partial charge in [-0.3, -0.25) is 4.79 Å². The van der Waals surface area contributed by atoms with Crippen LogP contribution < -0.4 is 5.32 Å². The first-order chi connectivity index (χ1) is 7.29. The van der Waals surface area contributed by atoms with Crippen LogP contribution >= 0.6 is 11.6 Å². The lowest BCUT2D eigenvalue weighted by atomic mass is 9.92. The Morgan fingerprint density at radius 3 is 2.50 bits per heavy atom. The van der Waals surface area contributed by atoms with Crippen molar-refractivity contribution in [1.82, 2.24) is 0 Å². The molecule has 1 N–H and O–H groups in total. The van der Waals surface area contributed by atoms with Crippen LogP contribution in [0.2, 0.25) is 5.02 Å². The minimum absolute atomic E-state index is 0.00343. The Morgan fingerprint density at radius 2 is 2.00 bits per heavy atom. The molecule has 0 saturated carbocycles. The number of halogens is 1. The van der Waals surface area contributed by atoms with Gasteiger partial charge >= 0.3 is 0 Å². The number of rotatable bonds is 2. The molecule has 0 radical (unpaired) electrons. The Bertz CT molecular complexity index is 373. The Hall–Kier alpha value is -1.02. The van der Waals surface area contributed by atoms with E-state index in [0.717, 1.165) is 11.3 Å². The first-order valence-electron chi connectivity index (χ1n) is 5.34. The summed E-state index contributed by atoms with van der Waals surface area (Å²) in [7, 11) is 0. The molecule has 1 rings (SSSR count). The van der Waals surface area contributed by atoms with E-state index in [9.17, 15) is 4.79 Å². The van der Waals surface area contributed by atoms with Crippen molar-refractivity contribution in [3.05, 3.63) is 28.8 Å². The molecule has 3 heteroatoms. The van der Waals surface area contributed by atoms with Gasteiger partial charge in [0.25, 0.3) is 0 Å². The Morgan fingerprint density at radius 1 is 1.38 bits per heavy atom. The molecule has 1 aromatic rings. The molecule has 0 bridgehead atoms. The number of para-hydroxylation sites is 1. The van der Waals surface area contributed by atoms with Gasteiger partial charge in [-0.05, 0) is 24.0 Å². The maximum absolute atomic E-state index is 11.8. The Balaban J connectivity index is 2.78. The molecule has 0 heterocycles. The van der Waals surface area contributed by atoms with Gasteiger partial charge < -0.3 is 5.32 Å². The fourth-order valence-corrected chi connectivity index (χ4v) is 1.72. The largest absolute Gasteiger partial charge is 0.325 e. The average molecular weight is 240 g/mol. The quantitative estimate of drug-likeness (QED) is 0.830. The number of carbonyl (C=O) groups excluding carboxylic acids is 1. The number of anilines is 1. The number of aryl methyl sites for hydroxylation is 1. The fraction of sp³-hybridized carbons (Fsp3) is 0.462. The van der Waals surface area contributed by atoms with E-state index in [1.807, 2.05) is 39.8 Å². The van der Waals surface area contributed by atoms with Crippen LogP contribution in [0, 0.1) is 12.3 Å². The molecular weight excluding hydrogens is 222 g/mol. The van der Waals surface area contributed by atoms with Crippen LogP contribution in [0.5, 0.6) is 0 Å². The second-order valence-electron chi connectivity index (χ2n) is 5.22. The van der Waals surface area contributed by atoms with Crippen LogP contribution in [0.25, 0.3) is 0 Å². The molecule has 0 fully saturated rings. The summed E-state index contributed by atoms with van der Waals surface area (Å²) in [6.45, 7) is 8.03. The number of hydrogen-bond acceptors (Lipinski definition) is 1. The maximum atomic E-state index is 11.8. The fourth-order valence-electron chi connectivity index (χ4n) is 1.46. The molecule has 16 heavy (non-hydrogen) atoms. The van der Waals surface area contributed by atoms with Gasteiger partial charge in [-0.15, -0.1) is 0 Å². The van der Waals surface area contributed by atoms with E-state index < -0.39 is 0 Å². The third-order valence-corrected chi connectivity index (χ3v) is 2.49. The highest BCUT2D eigenvalue weighted by Gasteiger charge is 2.17. The second-order valence-corrected chi connectivity index (χ2v) is 5.62. The van der Waals surface area contributed by atoms with Crippen LogP contribution in [0.4, 0.5) is 5.69 Å². The van der Waals surface area contributed by atoms with E-state index >= 15 is 0 Å². The molecule has 0 unspecified atom stereocenters. The van der Waals surface area contributed by atoms with Gasteiger partial charge in [-0.25, -0.2) is 0 Å². The summed E-state index contributed by atoms with van der Waals surface area (Å²) in [4.78, 5) is 11.8. The lowest BCUT2D eigenvalue weighted by Crippen LogP contribution is -2.20. The zero-order valence-corrected chi connectivity index (χ0v) is 11.0. The van der Waals surface area contributed by atoms with Crippen molar-refractivity contribution in [3.63, 3.8) is 0 Å². The number of benzene rings is 1. The summed E-state index contributed by atoms with van der Waals surface area (Å²) < 4.78 is 0. The molecule has 88 valence electrons. The van der Waals surface area contributed by atoms with Crippen molar-refractivity contribution in [1.29, 1.82) is 0 Å². The third-order valence-electron chi connectivity index (χ3n) is 2.18. The predicted molar refractivity (Wildman–Crippen MR) is 68.9 cm³/mol. The van der Waals surface area contributed by atoms with Crippen molar-refractivity contribution in [2.24, 2.45) is 5.41 Å². The summed E-state index contributed by atoms with van der Waals surface area (Å²) >= 11 is 6.03. The van der Waals surface area contributed by atoms with Crippen LogP contribution in [-0.2, 0) is 4.79 Å². The lowest BCUT2D eigenvalue weighted by Gasteiger charge is -2.18. The van der Waals surface area contributed by atoms with Crippen LogP contribution in [0.1, 0.15) is 32.8 Å².